The summed E-state index contributed by atoms with van der Waals surface area (Å²) >= 11 is 0. The van der Waals surface area contributed by atoms with Crippen molar-refractivity contribution < 1.29 is 22.8 Å². The number of carbonyl (C=O) groups is 2. The van der Waals surface area contributed by atoms with E-state index in [4.69, 9.17) is 0 Å². The summed E-state index contributed by atoms with van der Waals surface area (Å²) in [6.07, 6.45) is -4.42. The van der Waals surface area contributed by atoms with Gasteiger partial charge in [-0.3, -0.25) is 9.59 Å². The van der Waals surface area contributed by atoms with Gasteiger partial charge in [-0.25, -0.2) is 0 Å². The lowest BCUT2D eigenvalue weighted by Crippen LogP contribution is -2.57. The predicted molar refractivity (Wildman–Crippen MR) is 78.6 cm³/mol. The van der Waals surface area contributed by atoms with Gasteiger partial charge in [0, 0.05) is 20.1 Å². The minimum Gasteiger partial charge on any atom is -0.342 e. The molecule has 1 aliphatic rings. The van der Waals surface area contributed by atoms with Gasteiger partial charge in [-0.15, -0.1) is 0 Å². The molecule has 0 aliphatic carbocycles. The highest BCUT2D eigenvalue weighted by Crippen LogP contribution is 2.32. The van der Waals surface area contributed by atoms with Gasteiger partial charge in [-0.05, 0) is 18.1 Å². The Balaban J connectivity index is 2.21. The second-order valence-corrected chi connectivity index (χ2v) is 5.60. The molecule has 1 aliphatic heterocycles. The van der Waals surface area contributed by atoms with Crippen LogP contribution >= 0.6 is 0 Å². The third-order valence-corrected chi connectivity index (χ3v) is 4.09. The summed E-state index contributed by atoms with van der Waals surface area (Å²) in [5, 5.41) is 0. The summed E-state index contributed by atoms with van der Waals surface area (Å²) < 4.78 is 39.0. The molecule has 0 aromatic heterocycles. The summed E-state index contributed by atoms with van der Waals surface area (Å²) in [4.78, 5) is 27.5. The molecule has 1 fully saturated rings. The van der Waals surface area contributed by atoms with E-state index in [2.05, 4.69) is 0 Å². The molecule has 4 nitrogen and oxygen atoms in total. The third-order valence-electron chi connectivity index (χ3n) is 4.09. The smallest absolute Gasteiger partial charge is 0.342 e. The average molecular weight is 328 g/mol. The van der Waals surface area contributed by atoms with Crippen LogP contribution in [0.4, 0.5) is 13.2 Å². The molecule has 0 bridgehead atoms. The van der Waals surface area contributed by atoms with E-state index in [0.717, 1.165) is 6.07 Å². The molecule has 23 heavy (non-hydrogen) atoms. The fourth-order valence-electron chi connectivity index (χ4n) is 2.82. The van der Waals surface area contributed by atoms with E-state index in [1.807, 2.05) is 0 Å². The van der Waals surface area contributed by atoms with Crippen molar-refractivity contribution in [2.75, 3.05) is 20.1 Å². The summed E-state index contributed by atoms with van der Waals surface area (Å²) in [5.74, 6) is -0.619. The molecule has 126 valence electrons. The number of benzene rings is 1. The van der Waals surface area contributed by atoms with Gasteiger partial charge in [-0.1, -0.05) is 25.1 Å². The minimum absolute atomic E-state index is 0.0637. The molecule has 1 atom stereocenters. The monoisotopic (exact) mass is 328 g/mol. The first-order valence-corrected chi connectivity index (χ1v) is 7.45. The van der Waals surface area contributed by atoms with E-state index in [1.165, 1.54) is 23.1 Å². The quantitative estimate of drug-likeness (QED) is 0.854. The number of piperazine rings is 1. The number of rotatable bonds is 3. The number of nitrogens with zero attached hydrogens (tertiary/aromatic N) is 2. The van der Waals surface area contributed by atoms with Gasteiger partial charge in [0.1, 0.15) is 6.04 Å². The zero-order valence-corrected chi connectivity index (χ0v) is 13.1. The minimum atomic E-state index is -4.50. The molecule has 7 heteroatoms. The van der Waals surface area contributed by atoms with Crippen molar-refractivity contribution in [3.05, 3.63) is 35.4 Å². The summed E-state index contributed by atoms with van der Waals surface area (Å²) in [7, 11) is 1.66. The van der Waals surface area contributed by atoms with Gasteiger partial charge in [0.05, 0.1) is 12.0 Å². The third kappa shape index (κ3) is 3.65. The molecule has 0 spiro atoms. The average Bonchev–Trinajstić information content (AvgIpc) is 2.49. The predicted octanol–water partition coefficient (Wildman–Crippen LogP) is 2.33. The van der Waals surface area contributed by atoms with Crippen LogP contribution in [0.3, 0.4) is 0 Å². The fraction of sp³-hybridized carbons (Fsp3) is 0.500. The van der Waals surface area contributed by atoms with E-state index in [1.54, 1.807) is 18.9 Å². The van der Waals surface area contributed by atoms with Crippen LogP contribution in [0.15, 0.2) is 24.3 Å². The molecule has 0 radical (unpaired) electrons. The Bertz CT molecular complexity index is 601. The van der Waals surface area contributed by atoms with Crippen LogP contribution in [0.25, 0.3) is 0 Å². The normalized spacial score (nSPS) is 19.2. The first-order valence-electron chi connectivity index (χ1n) is 7.45. The van der Waals surface area contributed by atoms with Crippen LogP contribution in [0, 0.1) is 0 Å². The van der Waals surface area contributed by atoms with Crippen LogP contribution in [0.5, 0.6) is 0 Å². The second kappa shape index (κ2) is 6.60. The standard InChI is InChI=1S/C16H19F3N2O2/c1-3-13-15(23)20(2)8-9-21(13)14(22)10-11-6-4-5-7-12(11)16(17,18)19/h4-7,13H,3,8-10H2,1-2H3/t13-/m1/s1. The number of amides is 2. The Kier molecular flexibility index (Phi) is 4.97. The van der Waals surface area contributed by atoms with E-state index in [-0.39, 0.29) is 17.9 Å². The lowest BCUT2D eigenvalue weighted by Gasteiger charge is -2.39. The highest BCUT2D eigenvalue weighted by Gasteiger charge is 2.37. The van der Waals surface area contributed by atoms with Crippen molar-refractivity contribution in [1.29, 1.82) is 0 Å². The van der Waals surface area contributed by atoms with Gasteiger partial charge in [0.2, 0.25) is 11.8 Å². The Hall–Kier alpha value is -2.05. The highest BCUT2D eigenvalue weighted by atomic mass is 19.4. The van der Waals surface area contributed by atoms with Crippen LogP contribution in [-0.2, 0) is 22.2 Å². The summed E-state index contributed by atoms with van der Waals surface area (Å²) in [5.41, 5.74) is -0.868. The fourth-order valence-corrected chi connectivity index (χ4v) is 2.82. The van der Waals surface area contributed by atoms with Crippen molar-refractivity contribution in [2.45, 2.75) is 32.0 Å². The van der Waals surface area contributed by atoms with Gasteiger partial charge >= 0.3 is 6.18 Å². The molecule has 0 saturated carbocycles. The molecule has 1 aromatic rings. The zero-order valence-electron chi connectivity index (χ0n) is 13.1. The molecular formula is C16H19F3N2O2. The molecule has 0 unspecified atom stereocenters. The number of hydrogen-bond acceptors (Lipinski definition) is 2. The SMILES string of the molecule is CC[C@@H]1C(=O)N(C)CCN1C(=O)Cc1ccccc1C(F)(F)F. The topological polar surface area (TPSA) is 40.6 Å². The van der Waals surface area contributed by atoms with Gasteiger partial charge in [0.15, 0.2) is 0 Å². The van der Waals surface area contributed by atoms with E-state index >= 15 is 0 Å². The molecule has 0 N–H and O–H groups in total. The largest absolute Gasteiger partial charge is 0.416 e. The van der Waals surface area contributed by atoms with Crippen molar-refractivity contribution in [3.8, 4) is 0 Å². The van der Waals surface area contributed by atoms with E-state index < -0.39 is 23.7 Å². The van der Waals surface area contributed by atoms with Crippen molar-refractivity contribution in [1.82, 2.24) is 9.80 Å². The van der Waals surface area contributed by atoms with Crippen molar-refractivity contribution in [3.63, 3.8) is 0 Å². The van der Waals surface area contributed by atoms with E-state index in [0.29, 0.717) is 19.5 Å². The first kappa shape index (κ1) is 17.3. The molecular weight excluding hydrogens is 309 g/mol. The van der Waals surface area contributed by atoms with Gasteiger partial charge in [-0.2, -0.15) is 13.2 Å². The van der Waals surface area contributed by atoms with Crippen LogP contribution in [0.1, 0.15) is 24.5 Å². The van der Waals surface area contributed by atoms with E-state index in [9.17, 15) is 22.8 Å². The maximum Gasteiger partial charge on any atom is 0.416 e. The van der Waals surface area contributed by atoms with Crippen LogP contribution < -0.4 is 0 Å². The second-order valence-electron chi connectivity index (χ2n) is 5.60. The zero-order chi connectivity index (χ0) is 17.2. The Labute approximate surface area is 132 Å². The Morgan fingerprint density at radius 2 is 1.91 bits per heavy atom. The lowest BCUT2D eigenvalue weighted by molar-refractivity contribution is -0.150. The number of halogens is 3. The summed E-state index contributed by atoms with van der Waals surface area (Å²) in [6.45, 7) is 2.52. The summed E-state index contributed by atoms with van der Waals surface area (Å²) in [6, 6.07) is 4.45. The molecule has 2 amide bonds. The van der Waals surface area contributed by atoms with Crippen molar-refractivity contribution in [2.24, 2.45) is 0 Å². The highest BCUT2D eigenvalue weighted by molar-refractivity contribution is 5.89. The number of hydrogen-bond donors (Lipinski definition) is 0. The Morgan fingerprint density at radius 1 is 1.26 bits per heavy atom. The molecule has 2 rings (SSSR count). The maximum atomic E-state index is 13.0. The van der Waals surface area contributed by atoms with Gasteiger partial charge in [0.25, 0.3) is 0 Å². The number of carbonyl (C=O) groups excluding carboxylic acids is 2. The number of alkyl halides is 3. The van der Waals surface area contributed by atoms with Gasteiger partial charge < -0.3 is 9.80 Å². The first-order chi connectivity index (χ1) is 10.8. The maximum absolute atomic E-state index is 13.0. The number of likely N-dealkylation sites (N-methyl/N-ethyl adjacent to an activating group) is 1. The molecule has 1 aromatic carbocycles. The van der Waals surface area contributed by atoms with Crippen molar-refractivity contribution >= 4 is 11.8 Å². The molecule has 1 heterocycles. The molecule has 1 saturated heterocycles. The van der Waals surface area contributed by atoms with Crippen LogP contribution in [-0.4, -0.2) is 47.8 Å². The lowest BCUT2D eigenvalue weighted by atomic mass is 10.0. The van der Waals surface area contributed by atoms with Crippen LogP contribution in [0.2, 0.25) is 0 Å². The Morgan fingerprint density at radius 3 is 2.52 bits per heavy atom.